The predicted octanol–water partition coefficient (Wildman–Crippen LogP) is 3.06. The molecule has 1 amide bonds. The lowest BCUT2D eigenvalue weighted by molar-refractivity contribution is -0.131. The summed E-state index contributed by atoms with van der Waals surface area (Å²) in [5.41, 5.74) is 3.33. The van der Waals surface area contributed by atoms with Gasteiger partial charge in [-0.25, -0.2) is 9.97 Å². The number of carbonyl (C=O) groups is 1. The standard InChI is InChI=1S/C22H26ClN7O2/c1-13(17-9-21(32-4)24-10-18(17)23)22(31)30-8-7-15(11-30)26-20-6-5-16(14(2)25-20)19-12-29(3)28-27-19/h5-6,9-10,12-13,15H,7-8,11H2,1-4H3,(H,25,26)/t13-,15+/m1/s1. The summed E-state index contributed by atoms with van der Waals surface area (Å²) in [4.78, 5) is 23.7. The fourth-order valence-electron chi connectivity index (χ4n) is 3.95. The second kappa shape index (κ2) is 9.12. The average Bonchev–Trinajstić information content (AvgIpc) is 3.42. The van der Waals surface area contributed by atoms with Gasteiger partial charge in [-0.3, -0.25) is 9.48 Å². The van der Waals surface area contributed by atoms with Crippen molar-refractivity contribution in [2.24, 2.45) is 7.05 Å². The quantitative estimate of drug-likeness (QED) is 0.609. The third kappa shape index (κ3) is 4.52. The predicted molar refractivity (Wildman–Crippen MR) is 122 cm³/mol. The number of nitrogens with zero attached hydrogens (tertiary/aromatic N) is 6. The second-order valence-electron chi connectivity index (χ2n) is 7.99. The van der Waals surface area contributed by atoms with Crippen molar-refractivity contribution in [3.8, 4) is 17.1 Å². The Morgan fingerprint density at radius 2 is 2.19 bits per heavy atom. The molecule has 1 fully saturated rings. The topological polar surface area (TPSA) is 98.1 Å². The van der Waals surface area contributed by atoms with Crippen LogP contribution in [0.2, 0.25) is 5.02 Å². The third-order valence-electron chi connectivity index (χ3n) is 5.72. The van der Waals surface area contributed by atoms with Crippen molar-refractivity contribution in [1.82, 2.24) is 29.9 Å². The van der Waals surface area contributed by atoms with E-state index in [2.05, 4.69) is 25.6 Å². The van der Waals surface area contributed by atoms with E-state index in [0.29, 0.717) is 24.0 Å². The van der Waals surface area contributed by atoms with Gasteiger partial charge in [-0.1, -0.05) is 16.8 Å². The zero-order valence-corrected chi connectivity index (χ0v) is 19.3. The number of ether oxygens (including phenoxy) is 1. The number of aryl methyl sites for hydroxylation is 2. The number of carbonyl (C=O) groups excluding carboxylic acids is 1. The molecule has 1 N–H and O–H groups in total. The van der Waals surface area contributed by atoms with Crippen LogP contribution in [0.3, 0.4) is 0 Å². The van der Waals surface area contributed by atoms with Gasteiger partial charge in [-0.05, 0) is 38.0 Å². The van der Waals surface area contributed by atoms with E-state index in [9.17, 15) is 4.79 Å². The molecule has 1 saturated heterocycles. The van der Waals surface area contributed by atoms with Gasteiger partial charge in [0.2, 0.25) is 11.8 Å². The molecule has 0 spiro atoms. The smallest absolute Gasteiger partial charge is 0.229 e. The maximum Gasteiger partial charge on any atom is 0.229 e. The zero-order chi connectivity index (χ0) is 22.8. The lowest BCUT2D eigenvalue weighted by atomic mass is 10.0. The van der Waals surface area contributed by atoms with Crippen molar-refractivity contribution in [2.75, 3.05) is 25.5 Å². The lowest BCUT2D eigenvalue weighted by Gasteiger charge is -2.22. The second-order valence-corrected chi connectivity index (χ2v) is 8.40. The number of aromatic nitrogens is 5. The molecule has 0 bridgehead atoms. The number of likely N-dealkylation sites (tertiary alicyclic amines) is 1. The first-order valence-electron chi connectivity index (χ1n) is 10.4. The number of pyridine rings is 2. The van der Waals surface area contributed by atoms with Gasteiger partial charge in [0.25, 0.3) is 0 Å². The molecular formula is C22H26ClN7O2. The number of anilines is 1. The molecule has 0 radical (unpaired) electrons. The molecule has 9 nitrogen and oxygen atoms in total. The molecule has 3 aromatic rings. The molecule has 1 aliphatic heterocycles. The molecule has 168 valence electrons. The molecule has 0 saturated carbocycles. The van der Waals surface area contributed by atoms with Crippen LogP contribution in [0.1, 0.15) is 30.5 Å². The Morgan fingerprint density at radius 3 is 2.88 bits per heavy atom. The van der Waals surface area contributed by atoms with Crippen molar-refractivity contribution in [3.05, 3.63) is 46.9 Å². The summed E-state index contributed by atoms with van der Waals surface area (Å²) in [5, 5.41) is 12.1. The van der Waals surface area contributed by atoms with Crippen LogP contribution in [0.15, 0.2) is 30.6 Å². The number of hydrogen-bond donors (Lipinski definition) is 1. The summed E-state index contributed by atoms with van der Waals surface area (Å²) in [6.07, 6.45) is 4.23. The normalized spacial score (nSPS) is 16.8. The van der Waals surface area contributed by atoms with Gasteiger partial charge in [0.05, 0.1) is 24.2 Å². The van der Waals surface area contributed by atoms with Crippen molar-refractivity contribution in [3.63, 3.8) is 0 Å². The first kappa shape index (κ1) is 22.0. The first-order valence-corrected chi connectivity index (χ1v) is 10.8. The molecule has 32 heavy (non-hydrogen) atoms. The van der Waals surface area contributed by atoms with E-state index in [0.717, 1.165) is 34.8 Å². The number of amides is 1. The van der Waals surface area contributed by atoms with E-state index in [-0.39, 0.29) is 17.9 Å². The molecular weight excluding hydrogens is 430 g/mol. The first-order chi connectivity index (χ1) is 15.4. The highest BCUT2D eigenvalue weighted by Crippen LogP contribution is 2.30. The Balaban J connectivity index is 1.40. The van der Waals surface area contributed by atoms with E-state index >= 15 is 0 Å². The molecule has 0 unspecified atom stereocenters. The highest BCUT2D eigenvalue weighted by molar-refractivity contribution is 6.31. The Hall–Kier alpha value is -3.20. The maximum absolute atomic E-state index is 13.1. The highest BCUT2D eigenvalue weighted by atomic mass is 35.5. The van der Waals surface area contributed by atoms with E-state index in [1.54, 1.807) is 17.9 Å². The minimum absolute atomic E-state index is 0.0339. The number of halogens is 1. The van der Waals surface area contributed by atoms with Gasteiger partial charge >= 0.3 is 0 Å². The average molecular weight is 456 g/mol. The molecule has 3 aromatic heterocycles. The monoisotopic (exact) mass is 455 g/mol. The van der Waals surface area contributed by atoms with Gasteiger partial charge in [0.15, 0.2) is 0 Å². The minimum Gasteiger partial charge on any atom is -0.481 e. The van der Waals surface area contributed by atoms with Gasteiger partial charge in [0.1, 0.15) is 11.5 Å². The van der Waals surface area contributed by atoms with Crippen LogP contribution in [0.25, 0.3) is 11.3 Å². The van der Waals surface area contributed by atoms with Gasteiger partial charge in [-0.2, -0.15) is 0 Å². The van der Waals surface area contributed by atoms with Crippen LogP contribution in [0.4, 0.5) is 5.82 Å². The number of hydrogen-bond acceptors (Lipinski definition) is 7. The van der Waals surface area contributed by atoms with E-state index in [1.807, 2.05) is 44.1 Å². The number of nitrogens with one attached hydrogen (secondary N) is 1. The molecule has 0 aromatic carbocycles. The Morgan fingerprint density at radius 1 is 1.38 bits per heavy atom. The van der Waals surface area contributed by atoms with Crippen LogP contribution >= 0.6 is 11.6 Å². The van der Waals surface area contributed by atoms with Crippen molar-refractivity contribution in [2.45, 2.75) is 32.2 Å². The Bertz CT molecular complexity index is 1130. The molecule has 0 aliphatic carbocycles. The minimum atomic E-state index is -0.384. The molecule has 2 atom stereocenters. The molecule has 4 heterocycles. The van der Waals surface area contributed by atoms with Gasteiger partial charge in [-0.15, -0.1) is 5.10 Å². The van der Waals surface area contributed by atoms with Crippen LogP contribution in [0, 0.1) is 6.92 Å². The van der Waals surface area contributed by atoms with Crippen LogP contribution in [-0.4, -0.2) is 62.0 Å². The largest absolute Gasteiger partial charge is 0.481 e. The molecule has 10 heteroatoms. The summed E-state index contributed by atoms with van der Waals surface area (Å²) in [7, 11) is 3.38. The summed E-state index contributed by atoms with van der Waals surface area (Å²) in [6, 6.07) is 5.78. The lowest BCUT2D eigenvalue weighted by Crippen LogP contribution is -2.34. The number of rotatable bonds is 6. The van der Waals surface area contributed by atoms with Crippen LogP contribution in [-0.2, 0) is 11.8 Å². The molecule has 1 aliphatic rings. The SMILES string of the molecule is COc1cc([C@@H](C)C(=O)N2CC[C@H](Nc3ccc(-c4cn(C)nn4)c(C)n3)C2)c(Cl)cn1. The number of methoxy groups -OCH3 is 1. The summed E-state index contributed by atoms with van der Waals surface area (Å²) >= 11 is 6.29. The Kier molecular flexibility index (Phi) is 6.27. The summed E-state index contributed by atoms with van der Waals surface area (Å²) in [5.74, 6) is 0.872. The Labute approximate surface area is 191 Å². The van der Waals surface area contributed by atoms with Gasteiger partial charge in [0, 0.05) is 49.7 Å². The van der Waals surface area contributed by atoms with Crippen molar-refractivity contribution in [1.29, 1.82) is 0 Å². The fourth-order valence-corrected chi connectivity index (χ4v) is 4.22. The van der Waals surface area contributed by atoms with Crippen LogP contribution in [0.5, 0.6) is 5.88 Å². The van der Waals surface area contributed by atoms with Crippen molar-refractivity contribution >= 4 is 23.3 Å². The molecule has 4 rings (SSSR count). The van der Waals surface area contributed by atoms with E-state index in [1.165, 1.54) is 6.20 Å². The van der Waals surface area contributed by atoms with E-state index in [4.69, 9.17) is 16.3 Å². The summed E-state index contributed by atoms with van der Waals surface area (Å²) < 4.78 is 6.84. The van der Waals surface area contributed by atoms with Gasteiger partial charge < -0.3 is 15.0 Å². The van der Waals surface area contributed by atoms with Crippen molar-refractivity contribution < 1.29 is 9.53 Å². The summed E-state index contributed by atoms with van der Waals surface area (Å²) in [6.45, 7) is 5.10. The third-order valence-corrected chi connectivity index (χ3v) is 6.04. The maximum atomic E-state index is 13.1. The highest BCUT2D eigenvalue weighted by Gasteiger charge is 2.31. The zero-order valence-electron chi connectivity index (χ0n) is 18.5. The fraction of sp³-hybridized carbons (Fsp3) is 0.409. The van der Waals surface area contributed by atoms with E-state index < -0.39 is 0 Å². The van der Waals surface area contributed by atoms with Crippen LogP contribution < -0.4 is 10.1 Å².